The lowest BCUT2D eigenvalue weighted by atomic mass is 10.1. The van der Waals surface area contributed by atoms with Crippen molar-refractivity contribution >= 4 is 18.2 Å². The van der Waals surface area contributed by atoms with Gasteiger partial charge in [-0.3, -0.25) is 9.79 Å². The van der Waals surface area contributed by atoms with Crippen LogP contribution in [0.2, 0.25) is 0 Å². The summed E-state index contributed by atoms with van der Waals surface area (Å²) in [4.78, 5) is 27.8. The molecule has 0 saturated carbocycles. The predicted octanol–water partition coefficient (Wildman–Crippen LogP) is 2.77. The lowest BCUT2D eigenvalue weighted by molar-refractivity contribution is -0.149. The number of benzene rings is 1. The van der Waals surface area contributed by atoms with Crippen molar-refractivity contribution in [3.63, 3.8) is 0 Å². The van der Waals surface area contributed by atoms with E-state index in [0.717, 1.165) is 5.56 Å². The third-order valence-corrected chi connectivity index (χ3v) is 2.75. The van der Waals surface area contributed by atoms with Crippen molar-refractivity contribution in [3.8, 4) is 0 Å². The Bertz CT molecular complexity index is 497. The van der Waals surface area contributed by atoms with Crippen LogP contribution in [0.1, 0.15) is 39.2 Å². The number of hydrogen-bond acceptors (Lipinski definition) is 5. The fourth-order valence-corrected chi connectivity index (χ4v) is 1.77. The molecule has 0 bridgehead atoms. The summed E-state index contributed by atoms with van der Waals surface area (Å²) < 4.78 is 10.1. The van der Waals surface area contributed by atoms with E-state index < -0.39 is 12.0 Å². The zero-order valence-electron chi connectivity index (χ0n) is 13.3. The van der Waals surface area contributed by atoms with E-state index in [-0.39, 0.29) is 24.9 Å². The van der Waals surface area contributed by atoms with Crippen molar-refractivity contribution in [2.75, 3.05) is 6.61 Å². The highest BCUT2D eigenvalue weighted by Crippen LogP contribution is 2.08. The van der Waals surface area contributed by atoms with Crippen LogP contribution in [0.3, 0.4) is 0 Å². The summed E-state index contributed by atoms with van der Waals surface area (Å²) in [5, 5.41) is 0. The minimum Gasteiger partial charge on any atom is -0.466 e. The lowest BCUT2D eigenvalue weighted by Crippen LogP contribution is -2.25. The zero-order chi connectivity index (χ0) is 16.4. The molecule has 1 rings (SSSR count). The van der Waals surface area contributed by atoms with Gasteiger partial charge < -0.3 is 9.47 Å². The van der Waals surface area contributed by atoms with Crippen LogP contribution < -0.4 is 0 Å². The van der Waals surface area contributed by atoms with Crippen LogP contribution in [-0.4, -0.2) is 36.9 Å². The van der Waals surface area contributed by atoms with Crippen LogP contribution in [0.15, 0.2) is 35.3 Å². The van der Waals surface area contributed by atoms with Crippen LogP contribution in [0, 0.1) is 0 Å². The fraction of sp³-hybridized carbons (Fsp3) is 0.471. The summed E-state index contributed by atoms with van der Waals surface area (Å²) >= 11 is 0. The van der Waals surface area contributed by atoms with Gasteiger partial charge in [0.1, 0.15) is 6.04 Å². The van der Waals surface area contributed by atoms with Gasteiger partial charge in [-0.15, -0.1) is 0 Å². The van der Waals surface area contributed by atoms with Crippen LogP contribution in [0.25, 0.3) is 0 Å². The summed E-state index contributed by atoms with van der Waals surface area (Å²) in [6, 6.07) is 8.76. The molecule has 0 N–H and O–H groups in total. The first-order valence-electron chi connectivity index (χ1n) is 7.47. The molecular weight excluding hydrogens is 282 g/mol. The second kappa shape index (κ2) is 9.71. The van der Waals surface area contributed by atoms with Gasteiger partial charge in [-0.25, -0.2) is 4.79 Å². The molecule has 1 atom stereocenters. The van der Waals surface area contributed by atoms with Crippen molar-refractivity contribution in [2.45, 2.75) is 45.8 Å². The van der Waals surface area contributed by atoms with Gasteiger partial charge in [-0.2, -0.15) is 0 Å². The average molecular weight is 305 g/mol. The molecule has 0 heterocycles. The fourth-order valence-electron chi connectivity index (χ4n) is 1.77. The molecule has 0 fully saturated rings. The van der Waals surface area contributed by atoms with E-state index in [9.17, 15) is 9.59 Å². The Balaban J connectivity index is 2.71. The number of nitrogens with zero attached hydrogens (tertiary/aromatic N) is 1. The second-order valence-corrected chi connectivity index (χ2v) is 5.03. The van der Waals surface area contributed by atoms with E-state index in [1.165, 1.54) is 0 Å². The topological polar surface area (TPSA) is 65.0 Å². The molecule has 0 aromatic heterocycles. The van der Waals surface area contributed by atoms with Crippen molar-refractivity contribution < 1.29 is 19.1 Å². The molecule has 5 nitrogen and oxygen atoms in total. The van der Waals surface area contributed by atoms with Crippen molar-refractivity contribution in [1.82, 2.24) is 0 Å². The smallest absolute Gasteiger partial charge is 0.331 e. The Morgan fingerprint density at radius 1 is 1.23 bits per heavy atom. The largest absolute Gasteiger partial charge is 0.466 e. The Labute approximate surface area is 131 Å². The summed E-state index contributed by atoms with van der Waals surface area (Å²) in [5.74, 6) is -0.758. The average Bonchev–Trinajstić information content (AvgIpc) is 2.47. The maximum absolute atomic E-state index is 12.1. The standard InChI is InChI=1S/C17H23NO4/c1-4-21-16(19)11-10-15(17(20)22-13(2)3)18-12-14-8-6-5-7-9-14/h5-9,12-13,15H,4,10-11H2,1-3H3. The monoisotopic (exact) mass is 305 g/mol. The quantitative estimate of drug-likeness (QED) is 0.547. The number of rotatable bonds is 8. The van der Waals surface area contributed by atoms with Gasteiger partial charge in [0.2, 0.25) is 0 Å². The minimum atomic E-state index is -0.702. The van der Waals surface area contributed by atoms with E-state index in [4.69, 9.17) is 9.47 Å². The molecule has 1 aromatic carbocycles. The third-order valence-electron chi connectivity index (χ3n) is 2.75. The van der Waals surface area contributed by atoms with E-state index in [1.807, 2.05) is 30.3 Å². The lowest BCUT2D eigenvalue weighted by Gasteiger charge is -2.14. The van der Waals surface area contributed by atoms with E-state index in [1.54, 1.807) is 27.0 Å². The number of carbonyl (C=O) groups excluding carboxylic acids is 2. The van der Waals surface area contributed by atoms with Crippen LogP contribution in [-0.2, 0) is 19.1 Å². The summed E-state index contributed by atoms with van der Waals surface area (Å²) in [6.07, 6.45) is 1.81. The molecule has 0 spiro atoms. The van der Waals surface area contributed by atoms with Gasteiger partial charge >= 0.3 is 11.9 Å². The highest BCUT2D eigenvalue weighted by atomic mass is 16.5. The van der Waals surface area contributed by atoms with Crippen LogP contribution in [0.5, 0.6) is 0 Å². The normalized spacial score (nSPS) is 12.4. The summed E-state index contributed by atoms with van der Waals surface area (Å²) in [6.45, 7) is 5.63. The molecule has 0 aliphatic rings. The predicted molar refractivity (Wildman–Crippen MR) is 84.9 cm³/mol. The Kier molecular flexibility index (Phi) is 7.89. The number of carbonyl (C=O) groups is 2. The molecule has 0 aliphatic carbocycles. The molecule has 5 heteroatoms. The molecule has 0 radical (unpaired) electrons. The first kappa shape index (κ1) is 17.9. The van der Waals surface area contributed by atoms with Gasteiger partial charge in [0.05, 0.1) is 12.7 Å². The maximum Gasteiger partial charge on any atom is 0.331 e. The first-order valence-corrected chi connectivity index (χ1v) is 7.47. The number of aliphatic imine (C=N–C) groups is 1. The molecule has 0 amide bonds. The number of hydrogen-bond donors (Lipinski definition) is 0. The molecule has 120 valence electrons. The highest BCUT2D eigenvalue weighted by Gasteiger charge is 2.21. The molecule has 1 aromatic rings. The van der Waals surface area contributed by atoms with Gasteiger partial charge in [-0.1, -0.05) is 30.3 Å². The molecule has 0 saturated heterocycles. The zero-order valence-corrected chi connectivity index (χ0v) is 13.3. The van der Waals surface area contributed by atoms with E-state index in [2.05, 4.69) is 4.99 Å². The minimum absolute atomic E-state index is 0.137. The Hall–Kier alpha value is -2.17. The first-order chi connectivity index (χ1) is 10.5. The van der Waals surface area contributed by atoms with Crippen LogP contribution in [0.4, 0.5) is 0 Å². The molecule has 1 unspecified atom stereocenters. The molecule has 0 aliphatic heterocycles. The van der Waals surface area contributed by atoms with Gasteiger partial charge in [0, 0.05) is 12.6 Å². The van der Waals surface area contributed by atoms with Crippen molar-refractivity contribution in [2.24, 2.45) is 4.99 Å². The maximum atomic E-state index is 12.1. The Morgan fingerprint density at radius 3 is 2.50 bits per heavy atom. The second-order valence-electron chi connectivity index (χ2n) is 5.03. The van der Waals surface area contributed by atoms with E-state index in [0.29, 0.717) is 6.61 Å². The van der Waals surface area contributed by atoms with Gasteiger partial charge in [0.15, 0.2) is 0 Å². The highest BCUT2D eigenvalue weighted by molar-refractivity contribution is 5.84. The van der Waals surface area contributed by atoms with Crippen LogP contribution >= 0.6 is 0 Å². The van der Waals surface area contributed by atoms with Crippen molar-refractivity contribution in [1.29, 1.82) is 0 Å². The van der Waals surface area contributed by atoms with Gasteiger partial charge in [-0.05, 0) is 32.8 Å². The number of esters is 2. The Morgan fingerprint density at radius 2 is 1.91 bits per heavy atom. The van der Waals surface area contributed by atoms with Crippen molar-refractivity contribution in [3.05, 3.63) is 35.9 Å². The number of ether oxygens (including phenoxy) is 2. The summed E-state index contributed by atoms with van der Waals surface area (Å²) in [5.41, 5.74) is 0.890. The summed E-state index contributed by atoms with van der Waals surface area (Å²) in [7, 11) is 0. The molecule has 22 heavy (non-hydrogen) atoms. The SMILES string of the molecule is CCOC(=O)CCC(N=Cc1ccccc1)C(=O)OC(C)C. The van der Waals surface area contributed by atoms with Gasteiger partial charge in [0.25, 0.3) is 0 Å². The molecular formula is C17H23NO4. The van der Waals surface area contributed by atoms with E-state index >= 15 is 0 Å². The third kappa shape index (κ3) is 7.02.